The number of aryl methyl sites for hydroxylation is 2. The number of amides is 1. The number of nitrogens with zero attached hydrogens (tertiary/aromatic N) is 5. The largest absolute Gasteiger partial charge is 0.497 e. The van der Waals surface area contributed by atoms with Crippen molar-refractivity contribution in [2.45, 2.75) is 19.0 Å². The standard InChI is InChI=1S/C22H22N6O3S2/c1-13-5-7-18(14(2)9-13)28-22(25-26-27-28)33-12-20(29)24-21-23-17(11-32-21)16-10-15(30-3)6-8-19(16)31-4/h5-11H,12H2,1-4H3,(H,23,24,29). The number of aromatic nitrogens is 5. The smallest absolute Gasteiger partial charge is 0.236 e. The van der Waals surface area contributed by atoms with E-state index in [9.17, 15) is 4.79 Å². The average Bonchev–Trinajstić information content (AvgIpc) is 3.47. The highest BCUT2D eigenvalue weighted by atomic mass is 32.2. The van der Waals surface area contributed by atoms with Crippen LogP contribution < -0.4 is 14.8 Å². The van der Waals surface area contributed by atoms with Crippen molar-refractivity contribution in [3.05, 3.63) is 52.9 Å². The molecule has 0 saturated heterocycles. The van der Waals surface area contributed by atoms with E-state index in [2.05, 4.69) is 31.9 Å². The maximum Gasteiger partial charge on any atom is 0.236 e. The number of rotatable bonds is 8. The van der Waals surface area contributed by atoms with E-state index in [-0.39, 0.29) is 11.7 Å². The second-order valence-electron chi connectivity index (χ2n) is 7.10. The van der Waals surface area contributed by atoms with Crippen molar-refractivity contribution in [1.82, 2.24) is 25.2 Å². The fourth-order valence-corrected chi connectivity index (χ4v) is 4.63. The van der Waals surface area contributed by atoms with Gasteiger partial charge in [0.05, 0.1) is 31.4 Å². The van der Waals surface area contributed by atoms with Crippen LogP contribution in [0.4, 0.5) is 5.13 Å². The zero-order valence-corrected chi connectivity index (χ0v) is 20.2. The number of carbonyl (C=O) groups excluding carboxylic acids is 1. The van der Waals surface area contributed by atoms with Crippen molar-refractivity contribution in [1.29, 1.82) is 0 Å². The highest BCUT2D eigenvalue weighted by molar-refractivity contribution is 7.99. The molecule has 0 bridgehead atoms. The van der Waals surface area contributed by atoms with Crippen LogP contribution in [0.1, 0.15) is 11.1 Å². The Hall–Kier alpha value is -3.44. The topological polar surface area (TPSA) is 104 Å². The Kier molecular flexibility index (Phi) is 6.90. The second-order valence-corrected chi connectivity index (χ2v) is 8.90. The van der Waals surface area contributed by atoms with E-state index >= 15 is 0 Å². The number of thioether (sulfide) groups is 1. The molecule has 4 aromatic rings. The third-order valence-corrected chi connectivity index (χ3v) is 6.46. The number of hydrogen-bond acceptors (Lipinski definition) is 9. The molecular formula is C22H22N6O3S2. The van der Waals surface area contributed by atoms with Gasteiger partial charge in [-0.3, -0.25) is 4.79 Å². The third kappa shape index (κ3) is 5.15. The molecule has 0 fully saturated rings. The lowest BCUT2D eigenvalue weighted by Crippen LogP contribution is -2.14. The van der Waals surface area contributed by atoms with Crippen molar-refractivity contribution in [3.8, 4) is 28.4 Å². The molecule has 2 heterocycles. The van der Waals surface area contributed by atoms with Gasteiger partial charge in [-0.1, -0.05) is 29.5 Å². The molecule has 11 heteroatoms. The van der Waals surface area contributed by atoms with Crippen LogP contribution in [0.25, 0.3) is 16.9 Å². The van der Waals surface area contributed by atoms with Gasteiger partial charge in [-0.05, 0) is 54.1 Å². The molecule has 170 valence electrons. The Bertz CT molecular complexity index is 1290. The number of nitrogens with one attached hydrogen (secondary N) is 1. The summed E-state index contributed by atoms with van der Waals surface area (Å²) in [5, 5.41) is 17.6. The van der Waals surface area contributed by atoms with Gasteiger partial charge in [0.1, 0.15) is 11.5 Å². The molecule has 0 aliphatic rings. The highest BCUT2D eigenvalue weighted by Crippen LogP contribution is 2.35. The minimum Gasteiger partial charge on any atom is -0.497 e. The predicted octanol–water partition coefficient (Wildman–Crippen LogP) is 4.15. The molecule has 0 saturated carbocycles. The lowest BCUT2D eigenvalue weighted by Gasteiger charge is -2.08. The molecule has 0 radical (unpaired) electrons. The van der Waals surface area contributed by atoms with Crippen molar-refractivity contribution in [2.75, 3.05) is 25.3 Å². The van der Waals surface area contributed by atoms with Crippen LogP contribution in [0, 0.1) is 13.8 Å². The fourth-order valence-electron chi connectivity index (χ4n) is 3.22. The summed E-state index contributed by atoms with van der Waals surface area (Å²) in [7, 11) is 3.20. The van der Waals surface area contributed by atoms with E-state index in [1.54, 1.807) is 18.9 Å². The van der Waals surface area contributed by atoms with E-state index in [1.807, 2.05) is 49.6 Å². The van der Waals surface area contributed by atoms with E-state index in [0.29, 0.717) is 27.5 Å². The second kappa shape index (κ2) is 10.0. The van der Waals surface area contributed by atoms with Gasteiger partial charge >= 0.3 is 0 Å². The van der Waals surface area contributed by atoms with Crippen LogP contribution in [-0.4, -0.2) is 51.1 Å². The maximum absolute atomic E-state index is 12.5. The molecule has 0 unspecified atom stereocenters. The number of hydrogen-bond donors (Lipinski definition) is 1. The molecule has 0 aliphatic carbocycles. The number of thiazole rings is 1. The average molecular weight is 483 g/mol. The molecule has 1 N–H and O–H groups in total. The van der Waals surface area contributed by atoms with Crippen molar-refractivity contribution in [2.24, 2.45) is 0 Å². The number of anilines is 1. The third-order valence-electron chi connectivity index (χ3n) is 4.79. The van der Waals surface area contributed by atoms with Crippen LogP contribution in [0.5, 0.6) is 11.5 Å². The predicted molar refractivity (Wildman–Crippen MR) is 129 cm³/mol. The first-order valence-corrected chi connectivity index (χ1v) is 11.8. The van der Waals surface area contributed by atoms with E-state index in [4.69, 9.17) is 9.47 Å². The van der Waals surface area contributed by atoms with Crippen LogP contribution in [0.3, 0.4) is 0 Å². The van der Waals surface area contributed by atoms with E-state index in [0.717, 1.165) is 22.4 Å². The number of carbonyl (C=O) groups is 1. The summed E-state index contributed by atoms with van der Waals surface area (Å²) < 4.78 is 12.4. The van der Waals surface area contributed by atoms with Gasteiger partial charge in [0.15, 0.2) is 5.13 Å². The summed E-state index contributed by atoms with van der Waals surface area (Å²) in [6.45, 7) is 4.04. The lowest BCUT2D eigenvalue weighted by molar-refractivity contribution is -0.113. The van der Waals surface area contributed by atoms with Crippen LogP contribution in [0.2, 0.25) is 0 Å². The molecule has 0 atom stereocenters. The summed E-state index contributed by atoms with van der Waals surface area (Å²) in [4.78, 5) is 17.1. The van der Waals surface area contributed by atoms with Crippen LogP contribution in [0.15, 0.2) is 46.9 Å². The number of methoxy groups -OCH3 is 2. The van der Waals surface area contributed by atoms with Gasteiger partial charge in [0.2, 0.25) is 11.1 Å². The Morgan fingerprint density at radius 3 is 2.76 bits per heavy atom. The van der Waals surface area contributed by atoms with E-state index in [1.165, 1.54) is 23.1 Å². The molecule has 9 nitrogen and oxygen atoms in total. The van der Waals surface area contributed by atoms with Crippen molar-refractivity contribution >= 4 is 34.1 Å². The number of benzene rings is 2. The highest BCUT2D eigenvalue weighted by Gasteiger charge is 2.16. The van der Waals surface area contributed by atoms with Gasteiger partial charge in [-0.25, -0.2) is 4.98 Å². The van der Waals surface area contributed by atoms with Gasteiger partial charge < -0.3 is 14.8 Å². The van der Waals surface area contributed by atoms with Gasteiger partial charge in [-0.2, -0.15) is 4.68 Å². The molecule has 0 spiro atoms. The zero-order chi connectivity index (χ0) is 23.4. The quantitative estimate of drug-likeness (QED) is 0.374. The Labute approximate surface area is 199 Å². The summed E-state index contributed by atoms with van der Waals surface area (Å²) in [6.07, 6.45) is 0. The minimum atomic E-state index is -0.200. The number of ether oxygens (including phenoxy) is 2. The first-order valence-electron chi connectivity index (χ1n) is 9.95. The molecule has 4 rings (SSSR count). The fraction of sp³-hybridized carbons (Fsp3) is 0.227. The maximum atomic E-state index is 12.5. The van der Waals surface area contributed by atoms with Gasteiger partial charge in [0, 0.05) is 10.9 Å². The zero-order valence-electron chi connectivity index (χ0n) is 18.5. The molecular weight excluding hydrogens is 460 g/mol. The van der Waals surface area contributed by atoms with E-state index < -0.39 is 0 Å². The Morgan fingerprint density at radius 1 is 1.15 bits per heavy atom. The molecule has 2 aromatic heterocycles. The van der Waals surface area contributed by atoms with Gasteiger partial charge in [0.25, 0.3) is 0 Å². The monoisotopic (exact) mass is 482 g/mol. The van der Waals surface area contributed by atoms with Gasteiger partial charge in [-0.15, -0.1) is 16.4 Å². The molecule has 0 aliphatic heterocycles. The summed E-state index contributed by atoms with van der Waals surface area (Å²) in [6, 6.07) is 11.5. The SMILES string of the molecule is COc1ccc(OC)c(-c2csc(NC(=O)CSc3nnnn3-c3ccc(C)cc3C)n2)c1. The first-order chi connectivity index (χ1) is 16.0. The van der Waals surface area contributed by atoms with Crippen LogP contribution >= 0.6 is 23.1 Å². The number of tetrazole rings is 1. The molecule has 33 heavy (non-hydrogen) atoms. The van der Waals surface area contributed by atoms with Crippen molar-refractivity contribution in [3.63, 3.8) is 0 Å². The molecule has 2 aromatic carbocycles. The van der Waals surface area contributed by atoms with Crippen molar-refractivity contribution < 1.29 is 14.3 Å². The first kappa shape index (κ1) is 22.7. The Morgan fingerprint density at radius 2 is 2.00 bits per heavy atom. The Balaban J connectivity index is 1.43. The van der Waals surface area contributed by atoms with Crippen LogP contribution in [-0.2, 0) is 4.79 Å². The molecule has 1 amide bonds. The summed E-state index contributed by atoms with van der Waals surface area (Å²) in [5.74, 6) is 1.31. The summed E-state index contributed by atoms with van der Waals surface area (Å²) in [5.41, 5.74) is 4.57. The lowest BCUT2D eigenvalue weighted by atomic mass is 10.1. The normalized spacial score (nSPS) is 10.8. The summed E-state index contributed by atoms with van der Waals surface area (Å²) >= 11 is 2.60. The minimum absolute atomic E-state index is 0.142.